The fraction of sp³-hybridized carbons (Fsp3) is 0.286. The molecule has 3 rings (SSSR count). The maximum atomic E-state index is 13.8. The van der Waals surface area contributed by atoms with Gasteiger partial charge in [-0.1, -0.05) is 17.7 Å². The van der Waals surface area contributed by atoms with Crippen LogP contribution in [0.1, 0.15) is 16.8 Å². The van der Waals surface area contributed by atoms with Crippen molar-refractivity contribution >= 4 is 17.7 Å². The van der Waals surface area contributed by atoms with Crippen LogP contribution in [0.25, 0.3) is 0 Å². The molecule has 0 saturated heterocycles. The van der Waals surface area contributed by atoms with Gasteiger partial charge in [-0.05, 0) is 24.1 Å². The minimum atomic E-state index is -0.953. The number of aromatic nitrogens is 2. The normalized spacial score (nSPS) is 14.1. The Labute approximate surface area is 125 Å². The third kappa shape index (κ3) is 2.71. The average molecular weight is 310 g/mol. The molecule has 0 unspecified atom stereocenters. The number of rotatable bonds is 2. The van der Waals surface area contributed by atoms with Crippen LogP contribution in [0.15, 0.2) is 24.4 Å². The Morgan fingerprint density at radius 2 is 2.29 bits per heavy atom. The molecule has 0 radical (unpaired) electrons. The summed E-state index contributed by atoms with van der Waals surface area (Å²) in [6, 6.07) is 4.50. The molecule has 110 valence electrons. The van der Waals surface area contributed by atoms with Gasteiger partial charge in [0.25, 0.3) is 0 Å². The predicted molar refractivity (Wildman–Crippen MR) is 74.9 cm³/mol. The molecule has 2 aromatic rings. The summed E-state index contributed by atoms with van der Waals surface area (Å²) in [5.74, 6) is -0.391. The van der Waals surface area contributed by atoms with Gasteiger partial charge in [0.15, 0.2) is 0 Å². The lowest BCUT2D eigenvalue weighted by Gasteiger charge is -2.25. The molecule has 0 fully saturated rings. The Balaban J connectivity index is 1.88. The third-order valence-corrected chi connectivity index (χ3v) is 3.87. The number of fused-ring (bicyclic) bond motifs is 1. The number of amides is 1. The fourth-order valence-electron chi connectivity index (χ4n) is 2.47. The molecular formula is C14H13ClFN3O2. The summed E-state index contributed by atoms with van der Waals surface area (Å²) in [5, 5.41) is 13.7. The minimum Gasteiger partial charge on any atom is -0.465 e. The van der Waals surface area contributed by atoms with E-state index in [1.807, 2.05) is 0 Å². The van der Waals surface area contributed by atoms with E-state index < -0.39 is 11.9 Å². The summed E-state index contributed by atoms with van der Waals surface area (Å²) >= 11 is 5.73. The Morgan fingerprint density at radius 1 is 1.48 bits per heavy atom. The van der Waals surface area contributed by atoms with Crippen molar-refractivity contribution in [2.24, 2.45) is 0 Å². The van der Waals surface area contributed by atoms with E-state index in [0.29, 0.717) is 23.6 Å². The van der Waals surface area contributed by atoms with Crippen LogP contribution in [0.2, 0.25) is 5.02 Å². The highest BCUT2D eigenvalue weighted by Gasteiger charge is 2.24. The Hall–Kier alpha value is -2.08. The molecule has 7 heteroatoms. The van der Waals surface area contributed by atoms with Crippen LogP contribution in [0.4, 0.5) is 9.18 Å². The lowest BCUT2D eigenvalue weighted by Crippen LogP contribution is -2.35. The second kappa shape index (κ2) is 5.37. The van der Waals surface area contributed by atoms with Crippen molar-refractivity contribution < 1.29 is 14.3 Å². The molecule has 1 aromatic carbocycles. The number of hydrogen-bond donors (Lipinski definition) is 1. The van der Waals surface area contributed by atoms with E-state index in [1.54, 1.807) is 23.0 Å². The first-order valence-electron chi connectivity index (χ1n) is 6.50. The molecule has 1 aliphatic heterocycles. The number of nitrogens with zero attached hydrogens (tertiary/aromatic N) is 3. The van der Waals surface area contributed by atoms with Crippen molar-refractivity contribution in [1.29, 1.82) is 0 Å². The van der Waals surface area contributed by atoms with Crippen molar-refractivity contribution in [3.63, 3.8) is 0 Å². The van der Waals surface area contributed by atoms with Gasteiger partial charge in [0, 0.05) is 17.1 Å². The number of carbonyl (C=O) groups is 1. The smallest absolute Gasteiger partial charge is 0.407 e. The number of benzene rings is 1. The number of hydrogen-bond acceptors (Lipinski definition) is 2. The fourth-order valence-corrected chi connectivity index (χ4v) is 2.63. The highest BCUT2D eigenvalue weighted by Crippen LogP contribution is 2.21. The van der Waals surface area contributed by atoms with E-state index in [-0.39, 0.29) is 13.1 Å². The SMILES string of the molecule is O=C(O)N1CCc2cnn(Cc3ccc(Cl)cc3F)c2C1. The van der Waals surface area contributed by atoms with E-state index >= 15 is 0 Å². The zero-order valence-electron chi connectivity index (χ0n) is 11.1. The van der Waals surface area contributed by atoms with Crippen LogP contribution in [0, 0.1) is 5.82 Å². The number of carboxylic acid groups (broad SMARTS) is 1. The van der Waals surface area contributed by atoms with E-state index in [0.717, 1.165) is 11.3 Å². The second-order valence-electron chi connectivity index (χ2n) is 4.96. The number of halogens is 2. The maximum Gasteiger partial charge on any atom is 0.407 e. The molecule has 1 N–H and O–H groups in total. The summed E-state index contributed by atoms with van der Waals surface area (Å²) in [7, 11) is 0. The van der Waals surface area contributed by atoms with E-state index in [1.165, 1.54) is 11.0 Å². The van der Waals surface area contributed by atoms with Crippen molar-refractivity contribution in [2.75, 3.05) is 6.54 Å². The standard InChI is InChI=1S/C14H13ClFN3O2/c15-11-2-1-10(12(16)5-11)7-19-13-8-18(14(20)21)4-3-9(13)6-17-19/h1-2,5-6H,3-4,7-8H2,(H,20,21). The van der Waals surface area contributed by atoms with Gasteiger partial charge in [0.2, 0.25) is 0 Å². The average Bonchev–Trinajstić information content (AvgIpc) is 2.84. The first-order chi connectivity index (χ1) is 10.0. The maximum absolute atomic E-state index is 13.8. The van der Waals surface area contributed by atoms with Gasteiger partial charge in [-0.25, -0.2) is 9.18 Å². The van der Waals surface area contributed by atoms with Gasteiger partial charge in [0.05, 0.1) is 25.0 Å². The first kappa shape index (κ1) is 13.9. The van der Waals surface area contributed by atoms with E-state index in [4.69, 9.17) is 16.7 Å². The molecule has 2 heterocycles. The zero-order valence-corrected chi connectivity index (χ0v) is 11.8. The van der Waals surface area contributed by atoms with Crippen molar-refractivity contribution in [1.82, 2.24) is 14.7 Å². The van der Waals surface area contributed by atoms with Crippen LogP contribution in [-0.2, 0) is 19.5 Å². The molecular weight excluding hydrogens is 297 g/mol. The van der Waals surface area contributed by atoms with Gasteiger partial charge >= 0.3 is 6.09 Å². The second-order valence-corrected chi connectivity index (χ2v) is 5.40. The summed E-state index contributed by atoms with van der Waals surface area (Å²) in [4.78, 5) is 12.4. The third-order valence-electron chi connectivity index (χ3n) is 3.63. The molecule has 1 aromatic heterocycles. The Bertz CT molecular complexity index is 702. The molecule has 5 nitrogen and oxygen atoms in total. The molecule has 0 saturated carbocycles. The summed E-state index contributed by atoms with van der Waals surface area (Å²) in [6.45, 7) is 0.995. The largest absolute Gasteiger partial charge is 0.465 e. The Morgan fingerprint density at radius 3 is 3.00 bits per heavy atom. The lowest BCUT2D eigenvalue weighted by molar-refractivity contribution is 0.138. The molecule has 1 aliphatic rings. The highest BCUT2D eigenvalue weighted by molar-refractivity contribution is 6.30. The van der Waals surface area contributed by atoms with Gasteiger partial charge in [-0.15, -0.1) is 0 Å². The van der Waals surface area contributed by atoms with Crippen molar-refractivity contribution in [3.05, 3.63) is 52.1 Å². The van der Waals surface area contributed by atoms with Crippen LogP contribution in [-0.4, -0.2) is 32.4 Å². The van der Waals surface area contributed by atoms with Gasteiger partial charge in [0.1, 0.15) is 5.82 Å². The van der Waals surface area contributed by atoms with Crippen LogP contribution < -0.4 is 0 Å². The Kier molecular flexibility index (Phi) is 3.55. The van der Waals surface area contributed by atoms with Crippen LogP contribution in [0.3, 0.4) is 0 Å². The molecule has 0 bridgehead atoms. The summed E-state index contributed by atoms with van der Waals surface area (Å²) < 4.78 is 15.5. The highest BCUT2D eigenvalue weighted by atomic mass is 35.5. The van der Waals surface area contributed by atoms with Crippen LogP contribution >= 0.6 is 11.6 Å². The zero-order chi connectivity index (χ0) is 15.0. The van der Waals surface area contributed by atoms with E-state index in [2.05, 4.69) is 5.10 Å². The van der Waals surface area contributed by atoms with Crippen LogP contribution in [0.5, 0.6) is 0 Å². The molecule has 0 aliphatic carbocycles. The topological polar surface area (TPSA) is 58.4 Å². The monoisotopic (exact) mass is 309 g/mol. The molecule has 0 spiro atoms. The van der Waals surface area contributed by atoms with Gasteiger partial charge < -0.3 is 10.0 Å². The molecule has 0 atom stereocenters. The van der Waals surface area contributed by atoms with Crippen molar-refractivity contribution in [3.8, 4) is 0 Å². The van der Waals surface area contributed by atoms with E-state index in [9.17, 15) is 9.18 Å². The molecule has 1 amide bonds. The summed E-state index contributed by atoms with van der Waals surface area (Å²) in [5.41, 5.74) is 2.30. The van der Waals surface area contributed by atoms with Crippen molar-refractivity contribution in [2.45, 2.75) is 19.5 Å². The summed E-state index contributed by atoms with van der Waals surface area (Å²) in [6.07, 6.45) is 1.40. The minimum absolute atomic E-state index is 0.256. The lowest BCUT2D eigenvalue weighted by atomic mass is 10.1. The predicted octanol–water partition coefficient (Wildman–Crippen LogP) is 2.76. The first-order valence-corrected chi connectivity index (χ1v) is 6.88. The van der Waals surface area contributed by atoms with Gasteiger partial charge in [-0.2, -0.15) is 5.10 Å². The van der Waals surface area contributed by atoms with Gasteiger partial charge in [-0.3, -0.25) is 4.68 Å². The quantitative estimate of drug-likeness (QED) is 0.928. The molecule has 21 heavy (non-hydrogen) atoms.